The number of hydrogen-bond acceptors (Lipinski definition) is 4. The van der Waals surface area contributed by atoms with Gasteiger partial charge in [-0.1, -0.05) is 26.8 Å². The molecule has 2 aromatic carbocycles. The van der Waals surface area contributed by atoms with E-state index in [9.17, 15) is 20.1 Å². The fraction of sp³-hybridized carbons (Fsp3) is 0.235. The van der Waals surface area contributed by atoms with Gasteiger partial charge < -0.3 is 20.6 Å². The van der Waals surface area contributed by atoms with Crippen molar-refractivity contribution in [2.45, 2.75) is 26.2 Å². The third-order valence-corrected chi connectivity index (χ3v) is 3.33. The van der Waals surface area contributed by atoms with Gasteiger partial charge in [-0.05, 0) is 35.7 Å². The van der Waals surface area contributed by atoms with Crippen LogP contribution in [0.5, 0.6) is 17.2 Å². The summed E-state index contributed by atoms with van der Waals surface area (Å²) in [5.74, 6) is -0.800. The van der Waals surface area contributed by atoms with E-state index in [0.717, 1.165) is 0 Å². The molecule has 0 saturated heterocycles. The van der Waals surface area contributed by atoms with Gasteiger partial charge in [-0.2, -0.15) is 0 Å². The van der Waals surface area contributed by atoms with Gasteiger partial charge in [0, 0.05) is 11.1 Å². The first-order valence-electron chi connectivity index (χ1n) is 6.86. The Morgan fingerprint density at radius 1 is 0.955 bits per heavy atom. The zero-order valence-corrected chi connectivity index (χ0v) is 12.7. The highest BCUT2D eigenvalue weighted by atomic mass is 16.3. The molecule has 5 nitrogen and oxygen atoms in total. The van der Waals surface area contributed by atoms with Gasteiger partial charge in [-0.25, -0.2) is 0 Å². The summed E-state index contributed by atoms with van der Waals surface area (Å²) in [4.78, 5) is 12.2. The minimum absolute atomic E-state index is 0.0227. The standard InChI is InChI=1S/C17H19NO4/c1-17(2,3)12-8-9-13(20)14(15(12)21)18-16(22)10-4-6-11(19)7-5-10/h4-9,19-21H,1-3H3,(H,18,22). The zero-order valence-electron chi connectivity index (χ0n) is 12.7. The number of amides is 1. The number of carbonyl (C=O) groups excluding carboxylic acids is 1. The number of benzene rings is 2. The molecule has 0 aliphatic carbocycles. The molecule has 0 bridgehead atoms. The molecule has 0 heterocycles. The number of rotatable bonds is 2. The van der Waals surface area contributed by atoms with Gasteiger partial charge in [0.1, 0.15) is 22.9 Å². The van der Waals surface area contributed by atoms with Crippen molar-refractivity contribution in [1.82, 2.24) is 0 Å². The van der Waals surface area contributed by atoms with Gasteiger partial charge in [0.25, 0.3) is 5.91 Å². The summed E-state index contributed by atoms with van der Waals surface area (Å²) in [5, 5.41) is 32.0. The van der Waals surface area contributed by atoms with Crippen LogP contribution in [0.1, 0.15) is 36.7 Å². The van der Waals surface area contributed by atoms with Gasteiger partial charge in [-0.3, -0.25) is 4.79 Å². The number of hydrogen-bond donors (Lipinski definition) is 4. The number of carbonyl (C=O) groups is 1. The zero-order chi connectivity index (χ0) is 16.5. The first-order valence-corrected chi connectivity index (χ1v) is 6.86. The van der Waals surface area contributed by atoms with E-state index in [-0.39, 0.29) is 28.4 Å². The summed E-state index contributed by atoms with van der Waals surface area (Å²) in [6.45, 7) is 5.76. The van der Waals surface area contributed by atoms with Crippen LogP contribution in [0.25, 0.3) is 0 Å². The molecule has 22 heavy (non-hydrogen) atoms. The maximum absolute atomic E-state index is 12.2. The fourth-order valence-electron chi connectivity index (χ4n) is 2.11. The third kappa shape index (κ3) is 3.14. The van der Waals surface area contributed by atoms with Crippen molar-refractivity contribution in [3.8, 4) is 17.2 Å². The minimum atomic E-state index is -0.489. The molecule has 116 valence electrons. The summed E-state index contributed by atoms with van der Waals surface area (Å²) in [7, 11) is 0. The molecular formula is C17H19NO4. The van der Waals surface area contributed by atoms with Crippen LogP contribution in [0.4, 0.5) is 5.69 Å². The Morgan fingerprint density at radius 2 is 1.55 bits per heavy atom. The normalized spacial score (nSPS) is 11.2. The van der Waals surface area contributed by atoms with Gasteiger partial charge in [0.05, 0.1) is 0 Å². The molecule has 1 amide bonds. The molecule has 0 aromatic heterocycles. The SMILES string of the molecule is CC(C)(C)c1ccc(O)c(NC(=O)c2ccc(O)cc2)c1O. The van der Waals surface area contributed by atoms with Crippen LogP contribution < -0.4 is 5.32 Å². The van der Waals surface area contributed by atoms with Crippen molar-refractivity contribution in [1.29, 1.82) is 0 Å². The summed E-state index contributed by atoms with van der Waals surface area (Å²) in [6.07, 6.45) is 0. The predicted octanol–water partition coefficient (Wildman–Crippen LogP) is 3.35. The van der Waals surface area contributed by atoms with E-state index in [0.29, 0.717) is 11.1 Å². The van der Waals surface area contributed by atoms with Crippen LogP contribution >= 0.6 is 0 Å². The number of aromatic hydroxyl groups is 3. The molecule has 4 N–H and O–H groups in total. The Kier molecular flexibility index (Phi) is 3.99. The second-order valence-electron chi connectivity index (χ2n) is 6.11. The molecule has 2 aromatic rings. The van der Waals surface area contributed by atoms with Gasteiger partial charge in [0.2, 0.25) is 0 Å². The monoisotopic (exact) mass is 301 g/mol. The van der Waals surface area contributed by atoms with Crippen LogP contribution in [-0.2, 0) is 5.41 Å². The van der Waals surface area contributed by atoms with Crippen molar-refractivity contribution < 1.29 is 20.1 Å². The second kappa shape index (κ2) is 5.60. The Balaban J connectivity index is 2.37. The van der Waals surface area contributed by atoms with Crippen molar-refractivity contribution in [2.75, 3.05) is 5.32 Å². The fourth-order valence-corrected chi connectivity index (χ4v) is 2.11. The lowest BCUT2D eigenvalue weighted by Crippen LogP contribution is -2.15. The highest BCUT2D eigenvalue weighted by molar-refractivity contribution is 6.06. The molecule has 0 atom stereocenters. The van der Waals surface area contributed by atoms with Gasteiger partial charge in [-0.15, -0.1) is 0 Å². The van der Waals surface area contributed by atoms with Crippen molar-refractivity contribution in [3.63, 3.8) is 0 Å². The van der Waals surface area contributed by atoms with Crippen LogP contribution in [-0.4, -0.2) is 21.2 Å². The first kappa shape index (κ1) is 15.7. The van der Waals surface area contributed by atoms with Crippen LogP contribution in [0.3, 0.4) is 0 Å². The predicted molar refractivity (Wildman–Crippen MR) is 84.5 cm³/mol. The summed E-state index contributed by atoms with van der Waals surface area (Å²) in [6, 6.07) is 8.74. The molecule has 0 radical (unpaired) electrons. The van der Waals surface area contributed by atoms with E-state index < -0.39 is 5.91 Å². The second-order valence-corrected chi connectivity index (χ2v) is 6.11. The molecular weight excluding hydrogens is 282 g/mol. The van der Waals surface area contributed by atoms with Crippen LogP contribution in [0.2, 0.25) is 0 Å². The quantitative estimate of drug-likeness (QED) is 0.640. The van der Waals surface area contributed by atoms with E-state index >= 15 is 0 Å². The molecule has 0 fully saturated rings. The van der Waals surface area contributed by atoms with Crippen molar-refractivity contribution in [2.24, 2.45) is 0 Å². The maximum Gasteiger partial charge on any atom is 0.255 e. The number of phenols is 3. The lowest BCUT2D eigenvalue weighted by molar-refractivity contribution is 0.102. The van der Waals surface area contributed by atoms with E-state index in [4.69, 9.17) is 0 Å². The average molecular weight is 301 g/mol. The topological polar surface area (TPSA) is 89.8 Å². The van der Waals surface area contributed by atoms with E-state index in [1.807, 2.05) is 20.8 Å². The smallest absolute Gasteiger partial charge is 0.255 e. The lowest BCUT2D eigenvalue weighted by Gasteiger charge is -2.22. The van der Waals surface area contributed by atoms with Crippen molar-refractivity contribution >= 4 is 11.6 Å². The molecule has 5 heteroatoms. The summed E-state index contributed by atoms with van der Waals surface area (Å²) >= 11 is 0. The summed E-state index contributed by atoms with van der Waals surface area (Å²) in [5.41, 5.74) is 0.560. The van der Waals surface area contributed by atoms with Gasteiger partial charge in [0.15, 0.2) is 0 Å². The van der Waals surface area contributed by atoms with E-state index in [1.54, 1.807) is 6.07 Å². The number of anilines is 1. The van der Waals surface area contributed by atoms with E-state index in [1.165, 1.54) is 30.3 Å². The first-order chi connectivity index (χ1) is 10.2. The molecule has 0 saturated carbocycles. The third-order valence-electron chi connectivity index (χ3n) is 3.33. The molecule has 0 aliphatic rings. The lowest BCUT2D eigenvalue weighted by atomic mass is 9.86. The largest absolute Gasteiger partial charge is 0.508 e. The van der Waals surface area contributed by atoms with Gasteiger partial charge >= 0.3 is 0 Å². The maximum atomic E-state index is 12.2. The number of nitrogens with one attached hydrogen (secondary N) is 1. The Hall–Kier alpha value is -2.69. The Labute approximate surface area is 128 Å². The van der Waals surface area contributed by atoms with Crippen molar-refractivity contribution in [3.05, 3.63) is 47.5 Å². The van der Waals surface area contributed by atoms with E-state index in [2.05, 4.69) is 5.32 Å². The Bertz CT molecular complexity index is 700. The average Bonchev–Trinajstić information content (AvgIpc) is 2.42. The molecule has 2 rings (SSSR count). The van der Waals surface area contributed by atoms with Crippen LogP contribution in [0, 0.1) is 0 Å². The molecule has 0 aliphatic heterocycles. The Morgan fingerprint density at radius 3 is 2.09 bits per heavy atom. The molecule has 0 unspecified atom stereocenters. The number of phenolic OH excluding ortho intramolecular Hbond substituents is 3. The highest BCUT2D eigenvalue weighted by Gasteiger charge is 2.23. The minimum Gasteiger partial charge on any atom is -0.508 e. The van der Waals surface area contributed by atoms with Crippen LogP contribution in [0.15, 0.2) is 36.4 Å². The summed E-state index contributed by atoms with van der Waals surface area (Å²) < 4.78 is 0. The molecule has 0 spiro atoms. The highest BCUT2D eigenvalue weighted by Crippen LogP contribution is 2.41.